The lowest BCUT2D eigenvalue weighted by Crippen LogP contribution is -2.50. The molecule has 0 N–H and O–H groups in total. The van der Waals surface area contributed by atoms with Gasteiger partial charge in [-0.15, -0.1) is 11.3 Å². The van der Waals surface area contributed by atoms with Gasteiger partial charge in [0.1, 0.15) is 9.96 Å². The van der Waals surface area contributed by atoms with Crippen LogP contribution in [0.3, 0.4) is 0 Å². The van der Waals surface area contributed by atoms with E-state index in [1.165, 1.54) is 15.6 Å². The van der Waals surface area contributed by atoms with Crippen LogP contribution in [0, 0.1) is 6.92 Å². The lowest BCUT2D eigenvalue weighted by molar-refractivity contribution is -0.132. The van der Waals surface area contributed by atoms with Gasteiger partial charge in [-0.1, -0.05) is 18.2 Å². The Hall–Kier alpha value is -1.90. The molecule has 3 rings (SSSR count). The molecule has 1 aliphatic rings. The third-order valence-electron chi connectivity index (χ3n) is 4.47. The first-order valence-electron chi connectivity index (χ1n) is 8.98. The molecule has 6 nitrogen and oxygen atoms in total. The number of thiophene rings is 1. The number of carbonyl (C=O) groups excluding carboxylic acids is 1. The molecule has 1 aliphatic heterocycles. The molecule has 2 heterocycles. The van der Waals surface area contributed by atoms with Crippen LogP contribution in [0.1, 0.15) is 18.4 Å². The van der Waals surface area contributed by atoms with E-state index in [0.29, 0.717) is 49.8 Å². The minimum Gasteiger partial charge on any atom is -0.494 e. The van der Waals surface area contributed by atoms with Crippen LogP contribution in [0.4, 0.5) is 0 Å². The minimum atomic E-state index is -3.43. The predicted molar refractivity (Wildman–Crippen MR) is 106 cm³/mol. The van der Waals surface area contributed by atoms with E-state index < -0.39 is 10.0 Å². The number of hydrogen-bond acceptors (Lipinski definition) is 5. The molecule has 1 aromatic carbocycles. The van der Waals surface area contributed by atoms with Crippen LogP contribution in [-0.4, -0.2) is 56.3 Å². The van der Waals surface area contributed by atoms with E-state index in [-0.39, 0.29) is 5.91 Å². The molecule has 146 valence electrons. The van der Waals surface area contributed by atoms with E-state index in [1.54, 1.807) is 22.4 Å². The van der Waals surface area contributed by atoms with Crippen molar-refractivity contribution in [3.05, 3.63) is 47.3 Å². The summed E-state index contributed by atoms with van der Waals surface area (Å²) in [6.45, 7) is 4.04. The van der Waals surface area contributed by atoms with Gasteiger partial charge in [0.2, 0.25) is 5.91 Å². The maximum Gasteiger partial charge on any atom is 0.252 e. The van der Waals surface area contributed by atoms with E-state index >= 15 is 0 Å². The summed E-state index contributed by atoms with van der Waals surface area (Å²) in [4.78, 5) is 14.1. The van der Waals surface area contributed by atoms with Crippen molar-refractivity contribution in [2.24, 2.45) is 0 Å². The molecule has 8 heteroatoms. The Labute approximate surface area is 164 Å². The average molecular weight is 409 g/mol. The number of carbonyl (C=O) groups is 1. The Morgan fingerprint density at radius 3 is 2.59 bits per heavy atom. The van der Waals surface area contributed by atoms with E-state index in [9.17, 15) is 13.2 Å². The van der Waals surface area contributed by atoms with Crippen molar-refractivity contribution in [2.45, 2.75) is 24.0 Å². The van der Waals surface area contributed by atoms with Crippen molar-refractivity contribution in [1.82, 2.24) is 9.21 Å². The summed E-state index contributed by atoms with van der Waals surface area (Å²) in [5, 5.41) is 1.76. The van der Waals surface area contributed by atoms with Crippen LogP contribution < -0.4 is 4.74 Å². The highest BCUT2D eigenvalue weighted by Gasteiger charge is 2.30. The fourth-order valence-electron chi connectivity index (χ4n) is 2.99. The number of amides is 1. The SMILES string of the molecule is Cc1cccc(OCCCC(=O)N2CCN(S(=O)(=O)c3cccs3)CC2)c1. The molecule has 0 spiro atoms. The number of ether oxygens (including phenoxy) is 1. The molecule has 0 radical (unpaired) electrons. The Balaban J connectivity index is 1.41. The van der Waals surface area contributed by atoms with Gasteiger partial charge in [-0.3, -0.25) is 4.79 Å². The summed E-state index contributed by atoms with van der Waals surface area (Å²) in [5.74, 6) is 0.867. The summed E-state index contributed by atoms with van der Waals surface area (Å²) >= 11 is 1.22. The highest BCUT2D eigenvalue weighted by Crippen LogP contribution is 2.22. The number of hydrogen-bond donors (Lipinski definition) is 0. The summed E-state index contributed by atoms with van der Waals surface area (Å²) < 4.78 is 32.5. The van der Waals surface area contributed by atoms with Crippen LogP contribution in [0.5, 0.6) is 5.75 Å². The molecular formula is C19H24N2O4S2. The van der Waals surface area contributed by atoms with E-state index in [4.69, 9.17) is 4.74 Å². The number of rotatable bonds is 7. The Morgan fingerprint density at radius 1 is 1.15 bits per heavy atom. The largest absolute Gasteiger partial charge is 0.494 e. The van der Waals surface area contributed by atoms with Crippen molar-refractivity contribution in [3.8, 4) is 5.75 Å². The van der Waals surface area contributed by atoms with Crippen LogP contribution in [0.15, 0.2) is 46.0 Å². The van der Waals surface area contributed by atoms with Crippen molar-refractivity contribution in [3.63, 3.8) is 0 Å². The third kappa shape index (κ3) is 5.09. The smallest absolute Gasteiger partial charge is 0.252 e. The maximum atomic E-state index is 12.5. The van der Waals surface area contributed by atoms with Crippen molar-refractivity contribution < 1.29 is 17.9 Å². The second-order valence-electron chi connectivity index (χ2n) is 6.49. The summed E-state index contributed by atoms with van der Waals surface area (Å²) in [6.07, 6.45) is 1.05. The monoisotopic (exact) mass is 408 g/mol. The lowest BCUT2D eigenvalue weighted by Gasteiger charge is -2.33. The molecule has 0 atom stereocenters. The van der Waals surface area contributed by atoms with Gasteiger partial charge in [0.15, 0.2) is 0 Å². The first-order chi connectivity index (χ1) is 13.0. The maximum absolute atomic E-state index is 12.5. The standard InChI is InChI=1S/C19H24N2O4S2/c1-16-5-2-6-17(15-16)25-13-3-7-18(22)20-9-11-21(12-10-20)27(23,24)19-8-4-14-26-19/h2,4-6,8,14-15H,3,7,9-13H2,1H3. The zero-order chi connectivity index (χ0) is 19.3. The minimum absolute atomic E-state index is 0.0519. The fourth-order valence-corrected chi connectivity index (χ4v) is 5.56. The first-order valence-corrected chi connectivity index (χ1v) is 11.3. The molecule has 2 aromatic rings. The third-order valence-corrected chi connectivity index (χ3v) is 7.75. The van der Waals surface area contributed by atoms with Crippen molar-refractivity contribution in [1.29, 1.82) is 0 Å². The number of nitrogens with zero attached hydrogens (tertiary/aromatic N) is 2. The zero-order valence-corrected chi connectivity index (χ0v) is 17.0. The second kappa shape index (κ2) is 8.86. The van der Waals surface area contributed by atoms with Gasteiger partial charge in [-0.25, -0.2) is 8.42 Å². The highest BCUT2D eigenvalue weighted by atomic mass is 32.2. The van der Waals surface area contributed by atoms with Crippen molar-refractivity contribution in [2.75, 3.05) is 32.8 Å². The molecule has 1 aromatic heterocycles. The van der Waals surface area contributed by atoms with Gasteiger partial charge in [0.25, 0.3) is 10.0 Å². The average Bonchev–Trinajstić information content (AvgIpc) is 3.21. The van der Waals surface area contributed by atoms with Gasteiger partial charge >= 0.3 is 0 Å². The molecular weight excluding hydrogens is 384 g/mol. The molecule has 1 saturated heterocycles. The quantitative estimate of drug-likeness (QED) is 0.661. The van der Waals surface area contributed by atoms with Crippen LogP contribution in [0.2, 0.25) is 0 Å². The van der Waals surface area contributed by atoms with E-state index in [1.807, 2.05) is 31.2 Å². The van der Waals surface area contributed by atoms with Gasteiger partial charge in [-0.05, 0) is 42.5 Å². The molecule has 27 heavy (non-hydrogen) atoms. The first kappa shape index (κ1) is 19.9. The number of aryl methyl sites for hydroxylation is 1. The topological polar surface area (TPSA) is 66.9 Å². The van der Waals surface area contributed by atoms with Gasteiger partial charge < -0.3 is 9.64 Å². The summed E-state index contributed by atoms with van der Waals surface area (Å²) in [6, 6.07) is 11.2. The fraction of sp³-hybridized carbons (Fsp3) is 0.421. The van der Waals surface area contributed by atoms with E-state index in [2.05, 4.69) is 0 Å². The van der Waals surface area contributed by atoms with Crippen LogP contribution in [0.25, 0.3) is 0 Å². The summed E-state index contributed by atoms with van der Waals surface area (Å²) in [7, 11) is -3.43. The van der Waals surface area contributed by atoms with Gasteiger partial charge in [0, 0.05) is 32.6 Å². The van der Waals surface area contributed by atoms with Crippen molar-refractivity contribution >= 4 is 27.3 Å². The number of benzene rings is 1. The normalized spacial score (nSPS) is 15.7. The van der Waals surface area contributed by atoms with Crippen LogP contribution in [-0.2, 0) is 14.8 Å². The van der Waals surface area contributed by atoms with Crippen LogP contribution >= 0.6 is 11.3 Å². The highest BCUT2D eigenvalue weighted by molar-refractivity contribution is 7.91. The second-order valence-corrected chi connectivity index (χ2v) is 9.60. The van der Waals surface area contributed by atoms with E-state index in [0.717, 1.165) is 11.3 Å². The Bertz CT molecular complexity index is 858. The number of sulfonamides is 1. The molecule has 0 aliphatic carbocycles. The van der Waals surface area contributed by atoms with Gasteiger partial charge in [0.05, 0.1) is 6.61 Å². The zero-order valence-electron chi connectivity index (χ0n) is 15.3. The molecule has 0 bridgehead atoms. The molecule has 0 saturated carbocycles. The predicted octanol–water partition coefficient (Wildman–Crippen LogP) is 2.75. The Kier molecular flexibility index (Phi) is 6.51. The molecule has 0 unspecified atom stereocenters. The summed E-state index contributed by atoms with van der Waals surface area (Å²) in [5.41, 5.74) is 1.14. The molecule has 1 fully saturated rings. The lowest BCUT2D eigenvalue weighted by atomic mass is 10.2. The van der Waals surface area contributed by atoms with Gasteiger partial charge in [-0.2, -0.15) is 4.31 Å². The molecule has 1 amide bonds. The number of piperazine rings is 1. The Morgan fingerprint density at radius 2 is 1.93 bits per heavy atom.